The van der Waals surface area contributed by atoms with Crippen molar-refractivity contribution in [1.29, 1.82) is 0 Å². The van der Waals surface area contributed by atoms with Crippen LogP contribution in [0, 0.1) is 0 Å². The minimum atomic E-state index is -0.453. The summed E-state index contributed by atoms with van der Waals surface area (Å²) < 4.78 is 21.3. The van der Waals surface area contributed by atoms with Gasteiger partial charge in [0.05, 0.1) is 37.4 Å². The van der Waals surface area contributed by atoms with Crippen LogP contribution in [0.15, 0.2) is 40.9 Å². The van der Waals surface area contributed by atoms with E-state index < -0.39 is 5.97 Å². The molecule has 0 aliphatic heterocycles. The average molecular weight is 452 g/mol. The van der Waals surface area contributed by atoms with Gasteiger partial charge in [-0.2, -0.15) is 0 Å². The SMILES string of the molecule is COC(=O)c1ccc(OCC(=O)NC(C)c2cc(OC)ccc2OC)c(Br)c1. The van der Waals surface area contributed by atoms with E-state index in [0.717, 1.165) is 5.56 Å². The highest BCUT2D eigenvalue weighted by Crippen LogP contribution is 2.29. The maximum absolute atomic E-state index is 12.3. The Bertz CT molecular complexity index is 855. The van der Waals surface area contributed by atoms with Crippen LogP contribution in [0.4, 0.5) is 0 Å². The smallest absolute Gasteiger partial charge is 0.337 e. The Morgan fingerprint density at radius 1 is 1.04 bits per heavy atom. The van der Waals surface area contributed by atoms with E-state index in [1.807, 2.05) is 13.0 Å². The van der Waals surface area contributed by atoms with E-state index in [0.29, 0.717) is 27.3 Å². The topological polar surface area (TPSA) is 83.1 Å². The van der Waals surface area contributed by atoms with Crippen LogP contribution in [-0.4, -0.2) is 39.8 Å². The van der Waals surface area contributed by atoms with Gasteiger partial charge in [-0.15, -0.1) is 0 Å². The Balaban J connectivity index is 2.00. The highest BCUT2D eigenvalue weighted by atomic mass is 79.9. The molecule has 2 aromatic rings. The fourth-order valence-corrected chi connectivity index (χ4v) is 3.04. The lowest BCUT2D eigenvalue weighted by Gasteiger charge is -2.18. The summed E-state index contributed by atoms with van der Waals surface area (Å²) >= 11 is 3.32. The van der Waals surface area contributed by atoms with Crippen molar-refractivity contribution in [2.45, 2.75) is 13.0 Å². The molecule has 1 atom stereocenters. The second-order valence-corrected chi connectivity index (χ2v) is 6.68. The number of carbonyl (C=O) groups is 2. The summed E-state index contributed by atoms with van der Waals surface area (Å²) in [5.41, 5.74) is 1.17. The second kappa shape index (κ2) is 9.98. The first-order chi connectivity index (χ1) is 13.4. The van der Waals surface area contributed by atoms with Crippen LogP contribution in [0.1, 0.15) is 28.9 Å². The fraction of sp³-hybridized carbons (Fsp3) is 0.300. The summed E-state index contributed by atoms with van der Waals surface area (Å²) in [6.07, 6.45) is 0. The van der Waals surface area contributed by atoms with Crippen molar-refractivity contribution in [3.63, 3.8) is 0 Å². The molecule has 2 aromatic carbocycles. The molecule has 0 aliphatic rings. The Hall–Kier alpha value is -2.74. The first kappa shape index (κ1) is 21.6. The molecule has 28 heavy (non-hydrogen) atoms. The zero-order valence-electron chi connectivity index (χ0n) is 16.1. The molecule has 150 valence electrons. The number of hydrogen-bond acceptors (Lipinski definition) is 6. The zero-order valence-corrected chi connectivity index (χ0v) is 17.7. The predicted molar refractivity (Wildman–Crippen MR) is 107 cm³/mol. The number of nitrogens with one attached hydrogen (secondary N) is 1. The molecule has 0 aromatic heterocycles. The van der Waals surface area contributed by atoms with E-state index in [1.54, 1.807) is 44.6 Å². The molecule has 8 heteroatoms. The van der Waals surface area contributed by atoms with Crippen molar-refractivity contribution in [2.75, 3.05) is 27.9 Å². The zero-order chi connectivity index (χ0) is 20.7. The minimum Gasteiger partial charge on any atom is -0.497 e. The van der Waals surface area contributed by atoms with E-state index in [1.165, 1.54) is 7.11 Å². The van der Waals surface area contributed by atoms with E-state index in [9.17, 15) is 9.59 Å². The molecule has 0 radical (unpaired) electrons. The van der Waals surface area contributed by atoms with Gasteiger partial charge >= 0.3 is 5.97 Å². The summed E-state index contributed by atoms with van der Waals surface area (Å²) in [6.45, 7) is 1.66. The van der Waals surface area contributed by atoms with E-state index in [4.69, 9.17) is 14.2 Å². The standard InChI is InChI=1S/C20H22BrNO6/c1-12(15-10-14(25-2)6-8-17(15)26-3)22-19(23)11-28-18-7-5-13(9-16(18)21)20(24)27-4/h5-10,12H,11H2,1-4H3,(H,22,23). The summed E-state index contributed by atoms with van der Waals surface area (Å²) in [5, 5.41) is 2.86. The Morgan fingerprint density at radius 2 is 1.75 bits per heavy atom. The van der Waals surface area contributed by atoms with Crippen molar-refractivity contribution in [1.82, 2.24) is 5.32 Å². The number of halogens is 1. The normalized spacial score (nSPS) is 11.3. The van der Waals surface area contributed by atoms with Crippen LogP contribution in [0.5, 0.6) is 17.2 Å². The first-order valence-corrected chi connectivity index (χ1v) is 9.20. The summed E-state index contributed by atoms with van der Waals surface area (Å²) in [6, 6.07) is 9.80. The molecule has 1 amide bonds. The van der Waals surface area contributed by atoms with E-state index >= 15 is 0 Å². The summed E-state index contributed by atoms with van der Waals surface area (Å²) in [4.78, 5) is 23.8. The molecule has 0 heterocycles. The number of benzene rings is 2. The van der Waals surface area contributed by atoms with Gasteiger partial charge in [0.1, 0.15) is 17.2 Å². The number of carbonyl (C=O) groups excluding carboxylic acids is 2. The molecule has 0 aliphatic carbocycles. The third-order valence-electron chi connectivity index (χ3n) is 3.99. The van der Waals surface area contributed by atoms with Gasteiger partial charge in [0.15, 0.2) is 6.61 Å². The van der Waals surface area contributed by atoms with Crippen molar-refractivity contribution in [2.24, 2.45) is 0 Å². The van der Waals surface area contributed by atoms with Crippen LogP contribution in [0.2, 0.25) is 0 Å². The lowest BCUT2D eigenvalue weighted by Crippen LogP contribution is -2.31. The molecule has 0 spiro atoms. The number of hydrogen-bond donors (Lipinski definition) is 1. The van der Waals surface area contributed by atoms with Gasteiger partial charge < -0.3 is 24.3 Å². The number of methoxy groups -OCH3 is 3. The van der Waals surface area contributed by atoms with Gasteiger partial charge in [0.25, 0.3) is 5.91 Å². The lowest BCUT2D eigenvalue weighted by molar-refractivity contribution is -0.123. The molecule has 0 bridgehead atoms. The highest BCUT2D eigenvalue weighted by molar-refractivity contribution is 9.10. The van der Waals surface area contributed by atoms with Crippen molar-refractivity contribution in [3.05, 3.63) is 52.0 Å². The van der Waals surface area contributed by atoms with Gasteiger partial charge in [-0.1, -0.05) is 0 Å². The molecule has 1 N–H and O–H groups in total. The van der Waals surface area contributed by atoms with Crippen molar-refractivity contribution in [3.8, 4) is 17.2 Å². The predicted octanol–water partition coefficient (Wildman–Crippen LogP) is 3.51. The largest absolute Gasteiger partial charge is 0.497 e. The van der Waals surface area contributed by atoms with E-state index in [-0.39, 0.29) is 18.6 Å². The molecule has 0 fully saturated rings. The van der Waals surface area contributed by atoms with Gasteiger partial charge in [-0.25, -0.2) is 4.79 Å². The van der Waals surface area contributed by atoms with Gasteiger partial charge in [0, 0.05) is 5.56 Å². The number of esters is 1. The molecule has 1 unspecified atom stereocenters. The highest BCUT2D eigenvalue weighted by Gasteiger charge is 2.16. The molecule has 0 saturated carbocycles. The number of rotatable bonds is 8. The second-order valence-electron chi connectivity index (χ2n) is 5.82. The van der Waals surface area contributed by atoms with Crippen molar-refractivity contribution < 1.29 is 28.5 Å². The molecule has 7 nitrogen and oxygen atoms in total. The van der Waals surface area contributed by atoms with Gasteiger partial charge in [0.2, 0.25) is 0 Å². The third kappa shape index (κ3) is 5.39. The Morgan fingerprint density at radius 3 is 2.36 bits per heavy atom. The van der Waals surface area contributed by atoms with Crippen LogP contribution in [-0.2, 0) is 9.53 Å². The summed E-state index contributed by atoms with van der Waals surface area (Å²) in [5.74, 6) is 1.00. The Labute approximate surface area is 172 Å². The molecular weight excluding hydrogens is 430 g/mol. The van der Waals surface area contributed by atoms with Crippen molar-refractivity contribution >= 4 is 27.8 Å². The Kier molecular flexibility index (Phi) is 7.69. The number of ether oxygens (including phenoxy) is 4. The van der Waals surface area contributed by atoms with Crippen LogP contribution >= 0.6 is 15.9 Å². The molecular formula is C20H22BrNO6. The van der Waals surface area contributed by atoms with Gasteiger partial charge in [-0.05, 0) is 59.3 Å². The molecule has 2 rings (SSSR count). The number of amides is 1. The first-order valence-electron chi connectivity index (χ1n) is 8.41. The quantitative estimate of drug-likeness (QED) is 0.618. The minimum absolute atomic E-state index is 0.188. The maximum Gasteiger partial charge on any atom is 0.337 e. The van der Waals surface area contributed by atoms with E-state index in [2.05, 4.69) is 26.0 Å². The average Bonchev–Trinajstić information content (AvgIpc) is 2.71. The lowest BCUT2D eigenvalue weighted by atomic mass is 10.1. The van der Waals surface area contributed by atoms with Gasteiger partial charge in [-0.3, -0.25) is 4.79 Å². The van der Waals surface area contributed by atoms with Crippen LogP contribution < -0.4 is 19.5 Å². The third-order valence-corrected chi connectivity index (χ3v) is 4.61. The molecule has 0 saturated heterocycles. The fourth-order valence-electron chi connectivity index (χ4n) is 2.54. The monoisotopic (exact) mass is 451 g/mol. The van der Waals surface area contributed by atoms with Crippen LogP contribution in [0.3, 0.4) is 0 Å². The summed E-state index contributed by atoms with van der Waals surface area (Å²) in [7, 11) is 4.45. The maximum atomic E-state index is 12.3. The van der Waals surface area contributed by atoms with Crippen LogP contribution in [0.25, 0.3) is 0 Å².